The molecule has 0 radical (unpaired) electrons. The van der Waals surface area contributed by atoms with E-state index in [1.807, 2.05) is 0 Å². The summed E-state index contributed by atoms with van der Waals surface area (Å²) in [6.07, 6.45) is 6.36. The number of nitrogens with one attached hydrogen (secondary N) is 2. The first kappa shape index (κ1) is 26.1. The first-order valence-corrected chi connectivity index (χ1v) is 7.78. The predicted octanol–water partition coefficient (Wildman–Crippen LogP) is -3.82. The van der Waals surface area contributed by atoms with Gasteiger partial charge in [0.1, 0.15) is 0 Å². The molecule has 1 aliphatic rings. The minimum atomic E-state index is 0. The molecule has 4 nitrogen and oxygen atoms in total. The normalized spacial score (nSPS) is 19.3. The van der Waals surface area contributed by atoms with Gasteiger partial charge in [0.15, 0.2) is 0 Å². The van der Waals surface area contributed by atoms with Crippen LogP contribution in [0.2, 0.25) is 0 Å². The molecule has 2 N–H and O–H groups in total. The second-order valence-electron chi connectivity index (χ2n) is 5.88. The molecule has 1 rings (SSSR count). The minimum Gasteiger partial charge on any atom is -1.00 e. The van der Waals surface area contributed by atoms with Crippen molar-refractivity contribution in [1.82, 2.24) is 9.12 Å². The number of amides is 2. The molecule has 0 heterocycles. The number of rotatable bonds is 5. The first-order chi connectivity index (χ1) is 8.94. The largest absolute Gasteiger partial charge is 1.00 e. The maximum atomic E-state index is 10.5. The Morgan fingerprint density at radius 1 is 1.10 bits per heavy atom. The van der Waals surface area contributed by atoms with Crippen molar-refractivity contribution in [2.45, 2.75) is 59.4 Å². The molecule has 0 aromatic heterocycles. The van der Waals surface area contributed by atoms with E-state index in [1.165, 1.54) is 12.8 Å². The minimum absolute atomic E-state index is 0. The van der Waals surface area contributed by atoms with Gasteiger partial charge in [-0.25, -0.2) is 0 Å². The molecule has 1 fully saturated rings. The molecule has 1 saturated carbocycles. The third-order valence-electron chi connectivity index (χ3n) is 4.48. The second-order valence-corrected chi connectivity index (χ2v) is 6.33. The summed E-state index contributed by atoms with van der Waals surface area (Å²) in [4.78, 5) is 19.6. The Labute approximate surface area is 153 Å². The fraction of sp³-hybridized carbons (Fsp3) is 0.857. The molecule has 1 aliphatic carbocycles. The van der Waals surface area contributed by atoms with E-state index in [0.29, 0.717) is 29.7 Å². The van der Waals surface area contributed by atoms with Crippen molar-refractivity contribution in [3.8, 4) is 0 Å². The van der Waals surface area contributed by atoms with Gasteiger partial charge in [-0.1, -0.05) is 34.1 Å². The Hall–Kier alpha value is 0.234. The maximum Gasteiger partial charge on any atom is -1.00 e. The van der Waals surface area contributed by atoms with Gasteiger partial charge in [-0.2, -0.15) is 0 Å². The van der Waals surface area contributed by atoms with Crippen LogP contribution in [-0.4, -0.2) is 18.9 Å². The van der Waals surface area contributed by atoms with E-state index in [0.717, 1.165) is 19.3 Å². The summed E-state index contributed by atoms with van der Waals surface area (Å²) in [5, 5.41) is 2.97. The number of carbonyl (C=O) groups excluding carboxylic acids is 2. The first-order valence-electron chi connectivity index (χ1n) is 7.00. The zero-order valence-corrected chi connectivity index (χ0v) is 16.4. The van der Waals surface area contributed by atoms with Gasteiger partial charge in [0.2, 0.25) is 6.41 Å². The van der Waals surface area contributed by atoms with E-state index in [1.54, 1.807) is 20.7 Å². The Balaban J connectivity index is -0.000000482. The van der Waals surface area contributed by atoms with E-state index in [9.17, 15) is 4.79 Å². The van der Waals surface area contributed by atoms with E-state index < -0.39 is 0 Å². The molecule has 0 aliphatic heterocycles. The number of hydrogen-bond donors (Lipinski definition) is 2. The molecular formula is C14H27Cl2N2O2Ti. The fourth-order valence-corrected chi connectivity index (χ4v) is 3.29. The van der Waals surface area contributed by atoms with Crippen LogP contribution in [0.4, 0.5) is 0 Å². The number of halogens is 2. The van der Waals surface area contributed by atoms with Crippen LogP contribution in [0.15, 0.2) is 0 Å². The Kier molecular flexibility index (Phi) is 17.3. The zero-order valence-electron chi connectivity index (χ0n) is 13.3. The zero-order chi connectivity index (χ0) is 14.9. The summed E-state index contributed by atoms with van der Waals surface area (Å²) >= 11 is 1.56. The molecule has 21 heavy (non-hydrogen) atoms. The summed E-state index contributed by atoms with van der Waals surface area (Å²) in [6, 6.07) is 0.404. The van der Waals surface area contributed by atoms with Crippen molar-refractivity contribution in [2.24, 2.45) is 17.3 Å². The number of hydrogen-bond acceptors (Lipinski definition) is 2. The van der Waals surface area contributed by atoms with Crippen LogP contribution in [0.1, 0.15) is 53.4 Å². The molecule has 0 spiro atoms. The summed E-state index contributed by atoms with van der Waals surface area (Å²) in [5.74, 6) is 1.41. The van der Waals surface area contributed by atoms with Crippen LogP contribution < -0.4 is 33.9 Å². The van der Waals surface area contributed by atoms with Crippen LogP contribution in [0.3, 0.4) is 0 Å². The van der Waals surface area contributed by atoms with E-state index in [4.69, 9.17) is 4.79 Å². The van der Waals surface area contributed by atoms with E-state index in [2.05, 4.69) is 36.8 Å². The SMILES string of the molecule is CC(C)C1(C(C)C)CCCC(NC=O)C1.O=C[NH][Ti+2].[Cl-].[Cl-]. The van der Waals surface area contributed by atoms with Crippen molar-refractivity contribution in [3.05, 3.63) is 0 Å². The standard InChI is InChI=1S/C13H25NO.CH3NO.2ClH.Ti/c1-10(2)13(11(3)4)7-5-6-12(8-13)14-9-15;2-1-3;;;/h9-12H,5-8H2,1-4H3,(H,14,15);1H,(H2,2,3);2*1H;/q;;;;+3/p-3. The van der Waals surface area contributed by atoms with Gasteiger partial charge in [0.25, 0.3) is 0 Å². The maximum absolute atomic E-state index is 10.5. The molecule has 7 heteroatoms. The third kappa shape index (κ3) is 8.44. The van der Waals surface area contributed by atoms with Gasteiger partial charge in [-0.3, -0.25) is 4.79 Å². The molecule has 2 amide bonds. The smallest absolute Gasteiger partial charge is 1.00 e. The Morgan fingerprint density at radius 2 is 1.57 bits per heavy atom. The summed E-state index contributed by atoms with van der Waals surface area (Å²) in [7, 11) is 0. The van der Waals surface area contributed by atoms with Crippen LogP contribution in [0.25, 0.3) is 0 Å². The van der Waals surface area contributed by atoms with Gasteiger partial charge >= 0.3 is 35.7 Å². The predicted molar refractivity (Wildman–Crippen MR) is 72.8 cm³/mol. The third-order valence-corrected chi connectivity index (χ3v) is 4.67. The average Bonchev–Trinajstić information content (AvgIpc) is 2.39. The van der Waals surface area contributed by atoms with Crippen molar-refractivity contribution >= 4 is 12.8 Å². The van der Waals surface area contributed by atoms with Gasteiger partial charge in [-0.15, -0.1) is 0 Å². The molecule has 123 valence electrons. The van der Waals surface area contributed by atoms with Crippen molar-refractivity contribution in [1.29, 1.82) is 0 Å². The second kappa shape index (κ2) is 13.9. The topological polar surface area (TPSA) is 58.2 Å². The molecule has 1 unspecified atom stereocenters. The quantitative estimate of drug-likeness (QED) is 0.383. The van der Waals surface area contributed by atoms with Gasteiger partial charge in [-0.05, 0) is 36.5 Å². The molecule has 0 bridgehead atoms. The molecule has 1 atom stereocenters. The molecule has 0 saturated heterocycles. The van der Waals surface area contributed by atoms with E-state index >= 15 is 0 Å². The van der Waals surface area contributed by atoms with Gasteiger partial charge in [0, 0.05) is 6.04 Å². The van der Waals surface area contributed by atoms with Crippen molar-refractivity contribution in [3.63, 3.8) is 0 Å². The van der Waals surface area contributed by atoms with Crippen molar-refractivity contribution in [2.75, 3.05) is 0 Å². The van der Waals surface area contributed by atoms with Crippen LogP contribution in [0, 0.1) is 17.3 Å². The fourth-order valence-electron chi connectivity index (χ4n) is 3.29. The molecule has 0 aromatic carbocycles. The summed E-state index contributed by atoms with van der Waals surface area (Å²) < 4.78 is 2.25. The molecular weight excluding hydrogens is 347 g/mol. The van der Waals surface area contributed by atoms with Gasteiger partial charge in [0.05, 0.1) is 0 Å². The average molecular weight is 374 g/mol. The van der Waals surface area contributed by atoms with Crippen LogP contribution in [-0.2, 0) is 30.3 Å². The Morgan fingerprint density at radius 3 is 1.90 bits per heavy atom. The summed E-state index contributed by atoms with van der Waals surface area (Å²) in [5.41, 5.74) is 0.429. The molecule has 0 aromatic rings. The monoisotopic (exact) mass is 373 g/mol. The van der Waals surface area contributed by atoms with Crippen molar-refractivity contribution < 1.29 is 55.1 Å². The van der Waals surface area contributed by atoms with Crippen LogP contribution in [0.5, 0.6) is 0 Å². The number of carbonyl (C=O) groups is 2. The Bertz CT molecular complexity index is 272. The van der Waals surface area contributed by atoms with Crippen LogP contribution >= 0.6 is 0 Å². The van der Waals surface area contributed by atoms with Gasteiger partial charge < -0.3 is 30.1 Å². The van der Waals surface area contributed by atoms with E-state index in [-0.39, 0.29) is 24.8 Å². The summed E-state index contributed by atoms with van der Waals surface area (Å²) in [6.45, 7) is 9.29.